The first-order valence-electron chi connectivity index (χ1n) is 6.54. The Hall–Kier alpha value is -2.41. The minimum atomic E-state index is -0.867. The van der Waals surface area contributed by atoms with Crippen molar-refractivity contribution >= 4 is 33.5 Å². The topological polar surface area (TPSA) is 90.9 Å². The van der Waals surface area contributed by atoms with Crippen molar-refractivity contribution in [1.29, 1.82) is 0 Å². The second kappa shape index (κ2) is 5.92. The fraction of sp³-hybridized carbons (Fsp3) is 0.214. The van der Waals surface area contributed by atoms with Gasteiger partial charge in [-0.25, -0.2) is 9.97 Å². The van der Waals surface area contributed by atoms with Crippen LogP contribution in [0.3, 0.4) is 0 Å². The summed E-state index contributed by atoms with van der Waals surface area (Å²) >= 11 is 1.42. The van der Waals surface area contributed by atoms with Crippen molar-refractivity contribution in [3.63, 3.8) is 0 Å². The van der Waals surface area contributed by atoms with E-state index < -0.39 is 5.97 Å². The first kappa shape index (κ1) is 13.6. The molecule has 0 atom stereocenters. The molecule has 21 heavy (non-hydrogen) atoms. The molecule has 0 unspecified atom stereocenters. The number of aromatic nitrogens is 3. The fourth-order valence-corrected chi connectivity index (χ4v) is 2.78. The van der Waals surface area contributed by atoms with Crippen LogP contribution in [0.5, 0.6) is 0 Å². The highest BCUT2D eigenvalue weighted by Gasteiger charge is 2.06. The molecule has 0 aliphatic heterocycles. The van der Waals surface area contributed by atoms with Gasteiger partial charge in [-0.05, 0) is 12.1 Å². The maximum absolute atomic E-state index is 10.6. The summed E-state index contributed by atoms with van der Waals surface area (Å²) in [6.45, 7) is 0.694. The van der Waals surface area contributed by atoms with E-state index in [1.807, 2.05) is 24.3 Å². The van der Waals surface area contributed by atoms with Gasteiger partial charge in [0.05, 0.1) is 23.1 Å². The number of fused-ring (bicyclic) bond motifs is 1. The van der Waals surface area contributed by atoms with E-state index in [2.05, 4.69) is 20.3 Å². The Kier molecular flexibility index (Phi) is 3.83. The zero-order valence-corrected chi connectivity index (χ0v) is 12.0. The third-order valence-corrected chi connectivity index (χ3v) is 3.81. The predicted molar refractivity (Wildman–Crippen MR) is 81.7 cm³/mol. The molecule has 7 heteroatoms. The van der Waals surface area contributed by atoms with E-state index in [4.69, 9.17) is 5.11 Å². The smallest absolute Gasteiger partial charge is 0.309 e. The van der Waals surface area contributed by atoms with E-state index >= 15 is 0 Å². The zero-order chi connectivity index (χ0) is 14.7. The average Bonchev–Trinajstić information content (AvgIpc) is 3.04. The number of carbonyl (C=O) groups is 1. The standard InChI is InChI=1S/C14H14N4O2S/c19-13(20)7-9-8-21-14(16-9)15-6-5-12-17-10-3-1-2-4-11(10)18-12/h1-4,8H,5-7H2,(H,15,16)(H,17,18)(H,19,20). The molecule has 3 N–H and O–H groups in total. The van der Waals surface area contributed by atoms with Gasteiger partial charge >= 0.3 is 5.97 Å². The van der Waals surface area contributed by atoms with E-state index in [-0.39, 0.29) is 6.42 Å². The van der Waals surface area contributed by atoms with Gasteiger partial charge in [-0.2, -0.15) is 0 Å². The van der Waals surface area contributed by atoms with Crippen LogP contribution >= 0.6 is 11.3 Å². The number of benzene rings is 1. The predicted octanol–water partition coefficient (Wildman–Crippen LogP) is 2.30. The minimum Gasteiger partial charge on any atom is -0.481 e. The molecular formula is C14H14N4O2S. The number of nitrogens with zero attached hydrogens (tertiary/aromatic N) is 2. The fourth-order valence-electron chi connectivity index (χ4n) is 2.04. The van der Waals surface area contributed by atoms with E-state index in [9.17, 15) is 4.79 Å². The number of carboxylic acid groups (broad SMARTS) is 1. The van der Waals surface area contributed by atoms with Crippen LogP contribution < -0.4 is 5.32 Å². The third-order valence-electron chi connectivity index (χ3n) is 2.96. The van der Waals surface area contributed by atoms with Crippen LogP contribution in [-0.2, 0) is 17.6 Å². The maximum atomic E-state index is 10.6. The van der Waals surface area contributed by atoms with Gasteiger partial charge in [0, 0.05) is 18.3 Å². The molecule has 2 aromatic heterocycles. The molecule has 0 bridgehead atoms. The van der Waals surface area contributed by atoms with Gasteiger partial charge in [0.25, 0.3) is 0 Å². The maximum Gasteiger partial charge on any atom is 0.309 e. The summed E-state index contributed by atoms with van der Waals surface area (Å²) in [7, 11) is 0. The summed E-state index contributed by atoms with van der Waals surface area (Å²) in [4.78, 5) is 22.6. The Balaban J connectivity index is 1.55. The van der Waals surface area contributed by atoms with Gasteiger partial charge in [0.2, 0.25) is 0 Å². The first-order chi connectivity index (χ1) is 10.2. The summed E-state index contributed by atoms with van der Waals surface area (Å²) in [5.41, 5.74) is 2.58. The van der Waals surface area contributed by atoms with E-state index in [0.29, 0.717) is 12.2 Å². The number of carboxylic acids is 1. The highest BCUT2D eigenvalue weighted by atomic mass is 32.1. The van der Waals surface area contributed by atoms with Crippen molar-refractivity contribution < 1.29 is 9.90 Å². The number of rotatable bonds is 6. The van der Waals surface area contributed by atoms with Crippen LogP contribution in [0, 0.1) is 0 Å². The molecule has 0 saturated carbocycles. The molecule has 0 radical (unpaired) electrons. The van der Waals surface area contributed by atoms with Gasteiger partial charge < -0.3 is 15.4 Å². The largest absolute Gasteiger partial charge is 0.481 e. The molecule has 0 aliphatic carbocycles. The minimum absolute atomic E-state index is 0.0399. The highest BCUT2D eigenvalue weighted by molar-refractivity contribution is 7.13. The Labute approximate surface area is 124 Å². The van der Waals surface area contributed by atoms with Crippen molar-refractivity contribution in [1.82, 2.24) is 15.0 Å². The van der Waals surface area contributed by atoms with Crippen LogP contribution in [0.2, 0.25) is 0 Å². The SMILES string of the molecule is O=C(O)Cc1csc(NCCc2nc3ccccc3[nH]2)n1. The summed E-state index contributed by atoms with van der Waals surface area (Å²) in [6.07, 6.45) is 0.713. The molecule has 3 aromatic rings. The molecule has 3 rings (SSSR count). The molecule has 0 fully saturated rings. The van der Waals surface area contributed by atoms with Gasteiger partial charge in [0.15, 0.2) is 5.13 Å². The molecular weight excluding hydrogens is 288 g/mol. The van der Waals surface area contributed by atoms with E-state index in [1.54, 1.807) is 5.38 Å². The van der Waals surface area contributed by atoms with E-state index in [1.165, 1.54) is 11.3 Å². The lowest BCUT2D eigenvalue weighted by atomic mass is 10.3. The number of aromatic amines is 1. The number of H-pyrrole nitrogens is 1. The number of para-hydroxylation sites is 2. The van der Waals surface area contributed by atoms with Crippen molar-refractivity contribution in [2.75, 3.05) is 11.9 Å². The van der Waals surface area contributed by atoms with Crippen LogP contribution in [0.1, 0.15) is 11.5 Å². The average molecular weight is 302 g/mol. The van der Waals surface area contributed by atoms with E-state index in [0.717, 1.165) is 28.4 Å². The van der Waals surface area contributed by atoms with Gasteiger partial charge in [-0.1, -0.05) is 12.1 Å². The lowest BCUT2D eigenvalue weighted by Gasteiger charge is -1.99. The number of imidazole rings is 1. The van der Waals surface area contributed by atoms with Crippen LogP contribution in [0.15, 0.2) is 29.6 Å². The van der Waals surface area contributed by atoms with Gasteiger partial charge in [-0.15, -0.1) is 11.3 Å². The number of hydrogen-bond donors (Lipinski definition) is 3. The number of anilines is 1. The normalized spacial score (nSPS) is 10.9. The number of hydrogen-bond acceptors (Lipinski definition) is 5. The molecule has 2 heterocycles. The Morgan fingerprint density at radius 2 is 2.19 bits per heavy atom. The van der Waals surface area contributed by atoms with Crippen LogP contribution in [0.25, 0.3) is 11.0 Å². The van der Waals surface area contributed by atoms with Crippen LogP contribution in [-0.4, -0.2) is 32.6 Å². The summed E-state index contributed by atoms with van der Waals surface area (Å²) in [5, 5.41) is 14.4. The highest BCUT2D eigenvalue weighted by Crippen LogP contribution is 2.16. The zero-order valence-electron chi connectivity index (χ0n) is 11.2. The number of thiazole rings is 1. The second-order valence-electron chi connectivity index (χ2n) is 4.59. The molecule has 1 aromatic carbocycles. The Bertz CT molecular complexity index is 732. The van der Waals surface area contributed by atoms with Gasteiger partial charge in [0.1, 0.15) is 5.82 Å². The first-order valence-corrected chi connectivity index (χ1v) is 7.42. The second-order valence-corrected chi connectivity index (χ2v) is 5.45. The van der Waals surface area contributed by atoms with Crippen molar-refractivity contribution in [2.45, 2.75) is 12.8 Å². The third kappa shape index (κ3) is 3.38. The molecule has 108 valence electrons. The van der Waals surface area contributed by atoms with Crippen LogP contribution in [0.4, 0.5) is 5.13 Å². The van der Waals surface area contributed by atoms with Crippen molar-refractivity contribution in [3.8, 4) is 0 Å². The Morgan fingerprint density at radius 3 is 3.00 bits per heavy atom. The lowest BCUT2D eigenvalue weighted by Crippen LogP contribution is -2.06. The molecule has 0 spiro atoms. The van der Waals surface area contributed by atoms with Crippen molar-refractivity contribution in [3.05, 3.63) is 41.2 Å². The molecule has 0 amide bonds. The molecule has 0 aliphatic rings. The lowest BCUT2D eigenvalue weighted by molar-refractivity contribution is -0.136. The van der Waals surface area contributed by atoms with Gasteiger partial charge in [-0.3, -0.25) is 4.79 Å². The summed E-state index contributed by atoms with van der Waals surface area (Å²) in [5.74, 6) is 0.0557. The summed E-state index contributed by atoms with van der Waals surface area (Å²) < 4.78 is 0. The monoisotopic (exact) mass is 302 g/mol. The summed E-state index contributed by atoms with van der Waals surface area (Å²) in [6, 6.07) is 7.91. The van der Waals surface area contributed by atoms with Crippen molar-refractivity contribution in [2.24, 2.45) is 0 Å². The molecule has 6 nitrogen and oxygen atoms in total. The number of aliphatic carboxylic acids is 1. The number of nitrogens with one attached hydrogen (secondary N) is 2. The molecule has 0 saturated heterocycles. The Morgan fingerprint density at radius 1 is 1.33 bits per heavy atom. The quantitative estimate of drug-likeness (QED) is 0.650.